The third kappa shape index (κ3) is 3.26. The van der Waals surface area contributed by atoms with Gasteiger partial charge in [0, 0.05) is 27.2 Å². The molecule has 1 fully saturated rings. The molecular weight excluding hydrogens is 401 g/mol. The van der Waals surface area contributed by atoms with Crippen LogP contribution in [0, 0.1) is 13.8 Å². The summed E-state index contributed by atoms with van der Waals surface area (Å²) in [5.41, 5.74) is 0.0286. The van der Waals surface area contributed by atoms with Crippen LogP contribution in [-0.2, 0) is 30.3 Å². The van der Waals surface area contributed by atoms with Gasteiger partial charge in [-0.1, -0.05) is 0 Å². The maximum absolute atomic E-state index is 13.0. The Kier molecular flexibility index (Phi) is 4.94. The molecule has 0 saturated carbocycles. The van der Waals surface area contributed by atoms with Crippen molar-refractivity contribution in [3.8, 4) is 0 Å². The van der Waals surface area contributed by atoms with E-state index in [2.05, 4.69) is 10.2 Å². The van der Waals surface area contributed by atoms with Crippen LogP contribution < -0.4 is 5.69 Å². The van der Waals surface area contributed by atoms with E-state index in [4.69, 9.17) is 0 Å². The Morgan fingerprint density at radius 2 is 1.64 bits per heavy atom. The van der Waals surface area contributed by atoms with Gasteiger partial charge in [-0.25, -0.2) is 17.9 Å². The zero-order valence-corrected chi connectivity index (χ0v) is 16.7. The lowest BCUT2D eigenvalue weighted by Gasteiger charge is -2.30. The Labute approximate surface area is 159 Å². The number of hydrogen-bond donors (Lipinski definition) is 0. The number of aryl methyl sites for hydroxylation is 2. The van der Waals surface area contributed by atoms with Gasteiger partial charge in [-0.05, 0) is 26.7 Å². The fourth-order valence-electron chi connectivity index (χ4n) is 3.52. The van der Waals surface area contributed by atoms with Gasteiger partial charge in [-0.3, -0.25) is 9.25 Å². The van der Waals surface area contributed by atoms with Crippen LogP contribution in [0.25, 0.3) is 0 Å². The molecule has 0 spiro atoms. The lowest BCUT2D eigenvalue weighted by atomic mass is 10.1. The number of rotatable bonds is 3. The molecule has 0 atom stereocenters. The highest BCUT2D eigenvalue weighted by atomic mass is 32.2. The van der Waals surface area contributed by atoms with Crippen LogP contribution >= 0.6 is 0 Å². The van der Waals surface area contributed by atoms with Gasteiger partial charge in [0.25, 0.3) is 0 Å². The summed E-state index contributed by atoms with van der Waals surface area (Å²) in [4.78, 5) is 12.3. The Bertz CT molecular complexity index is 1060. The van der Waals surface area contributed by atoms with E-state index in [1.54, 1.807) is 20.9 Å². The lowest BCUT2D eigenvalue weighted by molar-refractivity contribution is -0.147. The Hall–Kier alpha value is -2.15. The van der Waals surface area contributed by atoms with Crippen molar-refractivity contribution in [2.75, 3.05) is 13.1 Å². The van der Waals surface area contributed by atoms with Crippen molar-refractivity contribution in [2.24, 2.45) is 14.1 Å². The van der Waals surface area contributed by atoms with Gasteiger partial charge < -0.3 is 0 Å². The molecule has 0 radical (unpaired) electrons. The molecule has 2 aromatic heterocycles. The summed E-state index contributed by atoms with van der Waals surface area (Å²) in [6.45, 7) is 3.42. The number of halogens is 3. The summed E-state index contributed by atoms with van der Waals surface area (Å²) in [6.07, 6.45) is -4.36. The van der Waals surface area contributed by atoms with Gasteiger partial charge in [0.05, 0.1) is 17.4 Å². The van der Waals surface area contributed by atoms with E-state index in [-0.39, 0.29) is 30.8 Å². The van der Waals surface area contributed by atoms with E-state index in [9.17, 15) is 26.4 Å². The van der Waals surface area contributed by atoms with E-state index < -0.39 is 33.8 Å². The predicted octanol–water partition coefficient (Wildman–Crippen LogP) is 0.977. The number of alkyl halides is 3. The van der Waals surface area contributed by atoms with Crippen LogP contribution in [0.1, 0.15) is 36.1 Å². The minimum absolute atomic E-state index is 0.0745. The van der Waals surface area contributed by atoms with Crippen LogP contribution in [0.4, 0.5) is 13.2 Å². The zero-order chi connectivity index (χ0) is 21.0. The van der Waals surface area contributed by atoms with E-state index in [0.29, 0.717) is 16.0 Å². The Balaban J connectivity index is 1.83. The highest BCUT2D eigenvalue weighted by Gasteiger charge is 2.40. The summed E-state index contributed by atoms with van der Waals surface area (Å²) in [5, 5.41) is 7.57. The average Bonchev–Trinajstić information content (AvgIpc) is 3.04. The topological polar surface area (TPSA) is 95.0 Å². The van der Waals surface area contributed by atoms with Crippen molar-refractivity contribution < 1.29 is 21.6 Å². The third-order valence-electron chi connectivity index (χ3n) is 5.07. The number of sulfonamides is 1. The van der Waals surface area contributed by atoms with Crippen molar-refractivity contribution in [1.29, 1.82) is 0 Å². The molecule has 3 rings (SSSR count). The van der Waals surface area contributed by atoms with Gasteiger partial charge in [0.2, 0.25) is 15.8 Å². The van der Waals surface area contributed by atoms with Gasteiger partial charge in [-0.2, -0.15) is 22.6 Å². The van der Waals surface area contributed by atoms with E-state index in [1.165, 1.54) is 8.99 Å². The fourth-order valence-corrected chi connectivity index (χ4v) is 5.39. The highest BCUT2D eigenvalue weighted by molar-refractivity contribution is 7.89. The summed E-state index contributed by atoms with van der Waals surface area (Å²) in [6, 6.07) is -0.600. The summed E-state index contributed by atoms with van der Waals surface area (Å²) >= 11 is 0. The number of hydrogen-bond acceptors (Lipinski definition) is 5. The molecule has 13 heteroatoms. The maximum atomic E-state index is 13.0. The zero-order valence-electron chi connectivity index (χ0n) is 15.9. The van der Waals surface area contributed by atoms with Crippen molar-refractivity contribution in [1.82, 2.24) is 28.4 Å². The Morgan fingerprint density at radius 3 is 2.07 bits per heavy atom. The quantitative estimate of drug-likeness (QED) is 0.735. The molecule has 0 aliphatic carbocycles. The smallest absolute Gasteiger partial charge is 0.274 e. The SMILES string of the molecule is Cc1nn(C)c(C)c1S(=O)(=O)N1CCC(n2nc(C(F)(F)F)n(C)c2=O)CC1. The third-order valence-corrected chi connectivity index (χ3v) is 7.22. The summed E-state index contributed by atoms with van der Waals surface area (Å²) < 4.78 is 68.9. The predicted molar refractivity (Wildman–Crippen MR) is 92.2 cm³/mol. The first kappa shape index (κ1) is 20.6. The minimum Gasteiger partial charge on any atom is -0.274 e. The summed E-state index contributed by atoms with van der Waals surface area (Å²) in [7, 11) is -1.12. The van der Waals surface area contributed by atoms with Crippen molar-refractivity contribution in [3.05, 3.63) is 27.7 Å². The molecule has 0 aromatic carbocycles. The molecule has 3 heterocycles. The van der Waals surface area contributed by atoms with Crippen molar-refractivity contribution in [3.63, 3.8) is 0 Å². The van der Waals surface area contributed by atoms with Gasteiger partial charge in [-0.15, -0.1) is 5.10 Å². The molecule has 1 aliphatic rings. The monoisotopic (exact) mass is 422 g/mol. The normalized spacial score (nSPS) is 17.4. The molecule has 1 saturated heterocycles. The number of aromatic nitrogens is 5. The maximum Gasteiger partial charge on any atom is 0.451 e. The molecule has 0 amide bonds. The molecule has 156 valence electrons. The molecule has 1 aliphatic heterocycles. The lowest BCUT2D eigenvalue weighted by Crippen LogP contribution is -2.41. The molecule has 2 aromatic rings. The van der Waals surface area contributed by atoms with Gasteiger partial charge in [0.15, 0.2) is 0 Å². The first-order valence-corrected chi connectivity index (χ1v) is 10.0. The standard InChI is InChI=1S/C15H21F3N6O3S/c1-9-12(10(2)22(4)19-9)28(26,27)23-7-5-11(6-8-23)24-14(25)21(3)13(20-24)15(16,17)18/h11H,5-8H2,1-4H3. The van der Waals surface area contributed by atoms with Crippen LogP contribution in [0.2, 0.25) is 0 Å². The van der Waals surface area contributed by atoms with Gasteiger partial charge >= 0.3 is 11.9 Å². The Morgan fingerprint density at radius 1 is 1.07 bits per heavy atom. The fraction of sp³-hybridized carbons (Fsp3) is 0.667. The number of nitrogens with zero attached hydrogens (tertiary/aromatic N) is 6. The second-order valence-electron chi connectivity index (χ2n) is 6.87. The van der Waals surface area contributed by atoms with E-state index in [1.807, 2.05) is 0 Å². The second-order valence-corrected chi connectivity index (χ2v) is 8.74. The van der Waals surface area contributed by atoms with Crippen LogP contribution in [0.15, 0.2) is 9.69 Å². The minimum atomic E-state index is -4.74. The molecule has 9 nitrogen and oxygen atoms in total. The largest absolute Gasteiger partial charge is 0.451 e. The summed E-state index contributed by atoms with van der Waals surface area (Å²) in [5.74, 6) is -1.27. The molecule has 0 bridgehead atoms. The first-order chi connectivity index (χ1) is 12.9. The van der Waals surface area contributed by atoms with E-state index >= 15 is 0 Å². The highest BCUT2D eigenvalue weighted by Crippen LogP contribution is 2.30. The molecule has 0 N–H and O–H groups in total. The van der Waals surface area contributed by atoms with E-state index in [0.717, 1.165) is 11.7 Å². The average molecular weight is 422 g/mol. The molecule has 28 heavy (non-hydrogen) atoms. The second kappa shape index (κ2) is 6.72. The van der Waals surface area contributed by atoms with Crippen LogP contribution in [0.3, 0.4) is 0 Å². The van der Waals surface area contributed by atoms with Crippen LogP contribution in [-0.4, -0.2) is 49.9 Å². The molecular formula is C15H21F3N6O3S. The van der Waals surface area contributed by atoms with Gasteiger partial charge in [0.1, 0.15) is 4.90 Å². The first-order valence-electron chi connectivity index (χ1n) is 8.58. The van der Waals surface area contributed by atoms with Crippen LogP contribution in [0.5, 0.6) is 0 Å². The molecule has 0 unspecified atom stereocenters. The van der Waals surface area contributed by atoms with Crippen molar-refractivity contribution >= 4 is 10.0 Å². The van der Waals surface area contributed by atoms with Crippen molar-refractivity contribution in [2.45, 2.75) is 43.8 Å². The number of piperidine rings is 1.